The van der Waals surface area contributed by atoms with E-state index in [4.69, 9.17) is 0 Å². The second-order valence-corrected chi connectivity index (χ2v) is 6.94. The van der Waals surface area contributed by atoms with Crippen LogP contribution < -0.4 is 5.32 Å². The van der Waals surface area contributed by atoms with E-state index >= 15 is 0 Å². The first kappa shape index (κ1) is 18.3. The number of aliphatic carboxylic acids is 1. The van der Waals surface area contributed by atoms with Crippen molar-refractivity contribution in [1.29, 1.82) is 0 Å². The number of nitrogens with zero attached hydrogens (tertiary/aromatic N) is 2. The molecular weight excluding hydrogens is 371 g/mol. The minimum absolute atomic E-state index is 0.143. The smallest absolute Gasteiger partial charge is 0.435 e. The Hall–Kier alpha value is -2.49. The maximum absolute atomic E-state index is 12.7. The average molecular weight is 385 g/mol. The number of thioether (sulfide) groups is 1. The number of carbonyl (C=O) groups excluding carboxylic acids is 1. The molecule has 0 aliphatic carbocycles. The van der Waals surface area contributed by atoms with Crippen LogP contribution >= 0.6 is 11.8 Å². The largest absolute Gasteiger partial charge is 0.479 e. The van der Waals surface area contributed by atoms with E-state index in [1.165, 1.54) is 36.0 Å². The van der Waals surface area contributed by atoms with Gasteiger partial charge in [0.25, 0.3) is 5.91 Å². The van der Waals surface area contributed by atoms with Crippen LogP contribution in [0.4, 0.5) is 13.2 Å². The number of aromatic nitrogens is 2. The molecule has 6 nitrogen and oxygen atoms in total. The number of hydrogen-bond donors (Lipinski definition) is 2. The number of carboxylic acids is 1. The van der Waals surface area contributed by atoms with Crippen molar-refractivity contribution in [2.45, 2.75) is 18.1 Å². The molecule has 3 rings (SSSR count). The summed E-state index contributed by atoms with van der Waals surface area (Å²) in [4.78, 5) is 24.0. The fourth-order valence-corrected chi connectivity index (χ4v) is 3.91. The van der Waals surface area contributed by atoms with Gasteiger partial charge in [0.2, 0.25) is 0 Å². The van der Waals surface area contributed by atoms with Crippen molar-refractivity contribution in [2.75, 3.05) is 11.5 Å². The number of halogens is 3. The second-order valence-electron chi connectivity index (χ2n) is 5.84. The van der Waals surface area contributed by atoms with E-state index in [2.05, 4.69) is 10.4 Å². The SMILES string of the molecule is O=C(NC1(C(=O)O)CCSC1)c1cccc(-n2ccc(C(F)(F)F)n2)c1. The van der Waals surface area contributed by atoms with Gasteiger partial charge in [-0.25, -0.2) is 9.48 Å². The Morgan fingerprint density at radius 2 is 2.08 bits per heavy atom. The minimum Gasteiger partial charge on any atom is -0.479 e. The highest BCUT2D eigenvalue weighted by molar-refractivity contribution is 7.99. The third kappa shape index (κ3) is 3.55. The number of alkyl halides is 3. The van der Waals surface area contributed by atoms with Crippen molar-refractivity contribution < 1.29 is 27.9 Å². The second kappa shape index (κ2) is 6.67. The summed E-state index contributed by atoms with van der Waals surface area (Å²) in [6, 6.07) is 6.66. The number of hydrogen-bond acceptors (Lipinski definition) is 4. The van der Waals surface area contributed by atoms with Gasteiger partial charge < -0.3 is 10.4 Å². The van der Waals surface area contributed by atoms with Gasteiger partial charge in [0.05, 0.1) is 5.69 Å². The average Bonchev–Trinajstić information content (AvgIpc) is 3.24. The monoisotopic (exact) mass is 385 g/mol. The molecule has 2 heterocycles. The summed E-state index contributed by atoms with van der Waals surface area (Å²) >= 11 is 1.44. The normalized spacial score (nSPS) is 20.1. The molecule has 0 bridgehead atoms. The molecule has 10 heteroatoms. The van der Waals surface area contributed by atoms with Gasteiger partial charge in [0.1, 0.15) is 5.54 Å². The van der Waals surface area contributed by atoms with E-state index in [-0.39, 0.29) is 17.0 Å². The topological polar surface area (TPSA) is 84.2 Å². The third-order valence-corrected chi connectivity index (χ3v) is 5.23. The van der Waals surface area contributed by atoms with Crippen molar-refractivity contribution in [1.82, 2.24) is 15.1 Å². The Balaban J connectivity index is 1.84. The van der Waals surface area contributed by atoms with Crippen molar-refractivity contribution in [3.05, 3.63) is 47.8 Å². The van der Waals surface area contributed by atoms with Crippen LogP contribution in [0.15, 0.2) is 36.5 Å². The Labute approximate surface area is 150 Å². The van der Waals surface area contributed by atoms with Crippen molar-refractivity contribution in [3.8, 4) is 5.69 Å². The highest BCUT2D eigenvalue weighted by atomic mass is 32.2. The molecule has 0 radical (unpaired) electrons. The lowest BCUT2D eigenvalue weighted by Crippen LogP contribution is -2.54. The lowest BCUT2D eigenvalue weighted by molar-refractivity contribution is -0.143. The van der Waals surface area contributed by atoms with E-state index < -0.39 is 29.3 Å². The van der Waals surface area contributed by atoms with Crippen LogP contribution in [0.5, 0.6) is 0 Å². The van der Waals surface area contributed by atoms with Gasteiger partial charge in [0, 0.05) is 17.5 Å². The molecule has 2 aromatic rings. The summed E-state index contributed by atoms with van der Waals surface area (Å²) in [5, 5.41) is 15.4. The lowest BCUT2D eigenvalue weighted by atomic mass is 9.98. The Kier molecular flexibility index (Phi) is 4.70. The molecule has 1 amide bonds. The van der Waals surface area contributed by atoms with Crippen LogP contribution in [0.2, 0.25) is 0 Å². The zero-order valence-electron chi connectivity index (χ0n) is 13.3. The molecule has 0 saturated carbocycles. The van der Waals surface area contributed by atoms with Gasteiger partial charge in [-0.15, -0.1) is 0 Å². The quantitative estimate of drug-likeness (QED) is 0.845. The van der Waals surface area contributed by atoms with E-state index in [1.807, 2.05) is 0 Å². The summed E-state index contributed by atoms with van der Waals surface area (Å²) in [6.07, 6.45) is -3.10. The van der Waals surface area contributed by atoms with Crippen LogP contribution in [-0.2, 0) is 11.0 Å². The zero-order valence-corrected chi connectivity index (χ0v) is 14.1. The number of nitrogens with one attached hydrogen (secondary N) is 1. The van der Waals surface area contributed by atoms with Gasteiger partial charge in [-0.2, -0.15) is 30.0 Å². The number of benzene rings is 1. The van der Waals surface area contributed by atoms with E-state index in [0.717, 1.165) is 16.9 Å². The molecule has 2 N–H and O–H groups in total. The Bertz CT molecular complexity index is 845. The maximum atomic E-state index is 12.7. The van der Waals surface area contributed by atoms with E-state index in [0.29, 0.717) is 12.2 Å². The fourth-order valence-electron chi connectivity index (χ4n) is 2.58. The molecule has 26 heavy (non-hydrogen) atoms. The first-order valence-corrected chi connectivity index (χ1v) is 8.74. The summed E-state index contributed by atoms with van der Waals surface area (Å²) in [6.45, 7) is 0. The van der Waals surface area contributed by atoms with Crippen molar-refractivity contribution >= 4 is 23.6 Å². The van der Waals surface area contributed by atoms with E-state index in [1.54, 1.807) is 0 Å². The maximum Gasteiger partial charge on any atom is 0.435 e. The molecule has 0 spiro atoms. The van der Waals surface area contributed by atoms with Crippen LogP contribution in [0, 0.1) is 0 Å². The standard InChI is InChI=1S/C16H14F3N3O3S/c17-16(18,19)12-4-6-22(21-12)11-3-1-2-10(8-11)13(23)20-15(14(24)25)5-7-26-9-15/h1-4,6,8H,5,7,9H2,(H,20,23)(H,24,25). The van der Waals surface area contributed by atoms with Gasteiger partial charge in [-0.05, 0) is 36.4 Å². The summed E-state index contributed by atoms with van der Waals surface area (Å²) in [7, 11) is 0. The van der Waals surface area contributed by atoms with Crippen molar-refractivity contribution in [2.24, 2.45) is 0 Å². The summed E-state index contributed by atoms with van der Waals surface area (Å²) in [5.74, 6) is -0.809. The molecule has 1 unspecified atom stereocenters. The predicted molar refractivity (Wildman–Crippen MR) is 88.3 cm³/mol. The summed E-state index contributed by atoms with van der Waals surface area (Å²) < 4.78 is 39.0. The molecule has 1 aromatic heterocycles. The molecule has 1 aliphatic rings. The van der Waals surface area contributed by atoms with Crippen LogP contribution in [0.25, 0.3) is 5.69 Å². The molecule has 1 aliphatic heterocycles. The Morgan fingerprint density at radius 1 is 1.31 bits per heavy atom. The molecule has 138 valence electrons. The molecule has 1 fully saturated rings. The first-order valence-electron chi connectivity index (χ1n) is 7.58. The highest BCUT2D eigenvalue weighted by Crippen LogP contribution is 2.29. The minimum atomic E-state index is -4.56. The molecule has 1 atom stereocenters. The highest BCUT2D eigenvalue weighted by Gasteiger charge is 2.43. The molecular formula is C16H14F3N3O3S. The first-order chi connectivity index (χ1) is 12.2. The number of rotatable bonds is 4. The third-order valence-electron chi connectivity index (χ3n) is 4.04. The van der Waals surface area contributed by atoms with Crippen LogP contribution in [-0.4, -0.2) is 43.8 Å². The number of carboxylic acid groups (broad SMARTS) is 1. The fraction of sp³-hybridized carbons (Fsp3) is 0.312. The van der Waals surface area contributed by atoms with Gasteiger partial charge in [-0.3, -0.25) is 4.79 Å². The predicted octanol–water partition coefficient (Wildman–Crippen LogP) is 2.58. The number of amides is 1. The number of carbonyl (C=O) groups is 2. The Morgan fingerprint density at radius 3 is 2.65 bits per heavy atom. The molecule has 1 aromatic carbocycles. The zero-order chi connectivity index (χ0) is 18.9. The van der Waals surface area contributed by atoms with Crippen LogP contribution in [0.3, 0.4) is 0 Å². The van der Waals surface area contributed by atoms with Gasteiger partial charge in [-0.1, -0.05) is 6.07 Å². The molecule has 1 saturated heterocycles. The van der Waals surface area contributed by atoms with E-state index in [9.17, 15) is 27.9 Å². The van der Waals surface area contributed by atoms with Crippen molar-refractivity contribution in [3.63, 3.8) is 0 Å². The van der Waals surface area contributed by atoms with Crippen LogP contribution in [0.1, 0.15) is 22.5 Å². The summed E-state index contributed by atoms with van der Waals surface area (Å²) in [5.41, 5.74) is -1.96. The lowest BCUT2D eigenvalue weighted by Gasteiger charge is -2.24. The van der Waals surface area contributed by atoms with Gasteiger partial charge >= 0.3 is 12.1 Å². The van der Waals surface area contributed by atoms with Gasteiger partial charge in [0.15, 0.2) is 5.69 Å².